The van der Waals surface area contributed by atoms with Crippen LogP contribution in [0.5, 0.6) is 5.75 Å². The third-order valence-electron chi connectivity index (χ3n) is 3.71. The molecule has 2 aromatic rings. The number of nitrogens with zero attached hydrogens (tertiary/aromatic N) is 2. The van der Waals surface area contributed by atoms with E-state index in [2.05, 4.69) is 25.9 Å². The first-order valence-electron chi connectivity index (χ1n) is 9.20. The number of ether oxygens (including phenoxy) is 1. The Morgan fingerprint density at radius 1 is 1.18 bits per heavy atom. The number of aromatic nitrogens is 1. The number of aliphatic imine (C=N–C) groups is 1. The second-order valence-corrected chi connectivity index (χ2v) is 8.05. The predicted molar refractivity (Wildman–Crippen MR) is 114 cm³/mol. The molecule has 1 aromatic heterocycles. The zero-order valence-electron chi connectivity index (χ0n) is 17.1. The van der Waals surface area contributed by atoms with Gasteiger partial charge < -0.3 is 20.7 Å². The zero-order valence-corrected chi connectivity index (χ0v) is 17.9. The van der Waals surface area contributed by atoms with Gasteiger partial charge in [0.2, 0.25) is 0 Å². The summed E-state index contributed by atoms with van der Waals surface area (Å²) >= 11 is 1.35. The van der Waals surface area contributed by atoms with E-state index in [1.165, 1.54) is 11.3 Å². The molecule has 0 aliphatic rings. The van der Waals surface area contributed by atoms with Crippen LogP contribution in [0, 0.1) is 6.92 Å². The fourth-order valence-electron chi connectivity index (χ4n) is 2.44. The molecule has 0 unspecified atom stereocenters. The summed E-state index contributed by atoms with van der Waals surface area (Å²) in [5, 5.41) is 9.35. The standard InChI is InChI=1S/C20H29N5O2S/c1-14-17(28-13-25-14)18(26)22-10-11-23-19(21-5)24-12-15-8-6-7-9-16(15)27-20(2,3)4/h6-9,13H,10-12H2,1-5H3,(H,22,26)(H2,21,23,24). The maximum atomic E-state index is 12.1. The number of rotatable bonds is 7. The molecule has 0 radical (unpaired) electrons. The van der Waals surface area contributed by atoms with E-state index in [1.807, 2.05) is 52.0 Å². The van der Waals surface area contributed by atoms with Crippen LogP contribution in [0.15, 0.2) is 34.8 Å². The monoisotopic (exact) mass is 403 g/mol. The molecule has 7 nitrogen and oxygen atoms in total. The summed E-state index contributed by atoms with van der Waals surface area (Å²) in [5.41, 5.74) is 3.22. The maximum Gasteiger partial charge on any atom is 0.263 e. The third kappa shape index (κ3) is 6.84. The van der Waals surface area contributed by atoms with Crippen molar-refractivity contribution in [3.8, 4) is 5.75 Å². The van der Waals surface area contributed by atoms with E-state index in [-0.39, 0.29) is 11.5 Å². The maximum absolute atomic E-state index is 12.1. The second-order valence-electron chi connectivity index (χ2n) is 7.20. The van der Waals surface area contributed by atoms with Gasteiger partial charge in [-0.2, -0.15) is 0 Å². The lowest BCUT2D eigenvalue weighted by Crippen LogP contribution is -2.41. The van der Waals surface area contributed by atoms with Gasteiger partial charge in [-0.25, -0.2) is 4.98 Å². The highest BCUT2D eigenvalue weighted by molar-refractivity contribution is 7.11. The summed E-state index contributed by atoms with van der Waals surface area (Å²) in [6, 6.07) is 7.94. The van der Waals surface area contributed by atoms with Crippen molar-refractivity contribution >= 4 is 23.2 Å². The van der Waals surface area contributed by atoms with Gasteiger partial charge in [-0.1, -0.05) is 18.2 Å². The molecule has 2 rings (SSSR count). The minimum absolute atomic E-state index is 0.0991. The number of carbonyl (C=O) groups is 1. The molecule has 152 valence electrons. The van der Waals surface area contributed by atoms with Gasteiger partial charge in [0.25, 0.3) is 5.91 Å². The van der Waals surface area contributed by atoms with Gasteiger partial charge in [0.15, 0.2) is 5.96 Å². The van der Waals surface area contributed by atoms with Gasteiger partial charge in [0, 0.05) is 32.2 Å². The largest absolute Gasteiger partial charge is 0.488 e. The summed E-state index contributed by atoms with van der Waals surface area (Å²) in [6.45, 7) is 9.54. The molecule has 3 N–H and O–H groups in total. The topological polar surface area (TPSA) is 87.6 Å². The average Bonchev–Trinajstić information content (AvgIpc) is 3.07. The fourth-order valence-corrected chi connectivity index (χ4v) is 3.15. The van der Waals surface area contributed by atoms with Crippen molar-refractivity contribution in [2.24, 2.45) is 4.99 Å². The third-order valence-corrected chi connectivity index (χ3v) is 4.64. The molecule has 0 bridgehead atoms. The van der Waals surface area contributed by atoms with Crippen molar-refractivity contribution in [3.63, 3.8) is 0 Å². The molecule has 28 heavy (non-hydrogen) atoms. The lowest BCUT2D eigenvalue weighted by Gasteiger charge is -2.23. The molecule has 1 aromatic carbocycles. The van der Waals surface area contributed by atoms with Crippen LogP contribution in [0.4, 0.5) is 0 Å². The van der Waals surface area contributed by atoms with E-state index in [0.717, 1.165) is 17.0 Å². The zero-order chi connectivity index (χ0) is 20.6. The molecule has 0 saturated heterocycles. The second kappa shape index (κ2) is 10.1. The Bertz CT molecular complexity index is 811. The van der Waals surface area contributed by atoms with Crippen molar-refractivity contribution in [1.82, 2.24) is 20.9 Å². The van der Waals surface area contributed by atoms with E-state index in [1.54, 1.807) is 12.6 Å². The molecule has 1 heterocycles. The normalized spacial score (nSPS) is 11.8. The van der Waals surface area contributed by atoms with Crippen LogP contribution >= 0.6 is 11.3 Å². The highest BCUT2D eigenvalue weighted by Crippen LogP contribution is 2.22. The van der Waals surface area contributed by atoms with Crippen LogP contribution in [0.25, 0.3) is 0 Å². The number of hydrogen-bond donors (Lipinski definition) is 3. The number of carbonyl (C=O) groups excluding carboxylic acids is 1. The SMILES string of the molecule is CN=C(NCCNC(=O)c1scnc1C)NCc1ccccc1OC(C)(C)C. The quantitative estimate of drug-likeness (QED) is 0.376. The molecular formula is C20H29N5O2S. The molecular weight excluding hydrogens is 374 g/mol. The highest BCUT2D eigenvalue weighted by Gasteiger charge is 2.14. The van der Waals surface area contributed by atoms with Crippen LogP contribution in [-0.2, 0) is 6.54 Å². The molecule has 8 heteroatoms. The van der Waals surface area contributed by atoms with Crippen molar-refractivity contribution < 1.29 is 9.53 Å². The van der Waals surface area contributed by atoms with Crippen LogP contribution in [0.3, 0.4) is 0 Å². The summed E-state index contributed by atoms with van der Waals surface area (Å²) in [5.74, 6) is 1.41. The number of para-hydroxylation sites is 1. The van der Waals surface area contributed by atoms with Gasteiger partial charge in [0.05, 0.1) is 11.2 Å². The van der Waals surface area contributed by atoms with Crippen LogP contribution in [-0.4, -0.2) is 42.6 Å². The Morgan fingerprint density at radius 2 is 1.89 bits per heavy atom. The minimum Gasteiger partial charge on any atom is -0.488 e. The molecule has 0 fully saturated rings. The number of benzene rings is 1. The minimum atomic E-state index is -0.259. The molecule has 0 spiro atoms. The Kier molecular flexibility index (Phi) is 7.80. The van der Waals surface area contributed by atoms with E-state index in [4.69, 9.17) is 4.74 Å². The smallest absolute Gasteiger partial charge is 0.263 e. The van der Waals surface area contributed by atoms with E-state index in [9.17, 15) is 4.79 Å². The van der Waals surface area contributed by atoms with Gasteiger partial charge in [0.1, 0.15) is 16.2 Å². The molecule has 0 aliphatic carbocycles. The van der Waals surface area contributed by atoms with Crippen molar-refractivity contribution in [2.45, 2.75) is 39.8 Å². The Labute approximate surface area is 170 Å². The van der Waals surface area contributed by atoms with Crippen LogP contribution < -0.4 is 20.7 Å². The molecule has 0 aliphatic heterocycles. The summed E-state index contributed by atoms with van der Waals surface area (Å²) in [7, 11) is 1.71. The molecule has 0 atom stereocenters. The summed E-state index contributed by atoms with van der Waals surface area (Å²) in [4.78, 5) is 21.0. The number of thiazole rings is 1. The van der Waals surface area contributed by atoms with Crippen molar-refractivity contribution in [3.05, 3.63) is 45.9 Å². The molecule has 1 amide bonds. The van der Waals surface area contributed by atoms with Gasteiger partial charge in [-0.15, -0.1) is 11.3 Å². The summed E-state index contributed by atoms with van der Waals surface area (Å²) in [6.07, 6.45) is 0. The Hall–Kier alpha value is -2.61. The number of guanidine groups is 1. The first-order chi connectivity index (χ1) is 13.3. The number of nitrogens with one attached hydrogen (secondary N) is 3. The van der Waals surface area contributed by atoms with Crippen LogP contribution in [0.2, 0.25) is 0 Å². The van der Waals surface area contributed by atoms with Crippen molar-refractivity contribution in [1.29, 1.82) is 0 Å². The van der Waals surface area contributed by atoms with Gasteiger partial charge in [-0.05, 0) is 33.8 Å². The summed E-state index contributed by atoms with van der Waals surface area (Å²) < 4.78 is 6.02. The fraction of sp³-hybridized carbons (Fsp3) is 0.450. The Morgan fingerprint density at radius 3 is 2.54 bits per heavy atom. The Balaban J connectivity index is 1.79. The number of amides is 1. The highest BCUT2D eigenvalue weighted by atomic mass is 32.1. The van der Waals surface area contributed by atoms with E-state index in [0.29, 0.717) is 30.5 Å². The lowest BCUT2D eigenvalue weighted by molar-refractivity contribution is 0.0957. The first kappa shape index (κ1) is 21.7. The van der Waals surface area contributed by atoms with Crippen LogP contribution in [0.1, 0.15) is 41.7 Å². The van der Waals surface area contributed by atoms with Gasteiger partial charge >= 0.3 is 0 Å². The van der Waals surface area contributed by atoms with E-state index >= 15 is 0 Å². The number of hydrogen-bond acceptors (Lipinski definition) is 5. The van der Waals surface area contributed by atoms with E-state index < -0.39 is 0 Å². The first-order valence-corrected chi connectivity index (χ1v) is 10.1. The van der Waals surface area contributed by atoms with Gasteiger partial charge in [-0.3, -0.25) is 9.79 Å². The molecule has 0 saturated carbocycles. The lowest BCUT2D eigenvalue weighted by atomic mass is 10.1. The number of aryl methyl sites for hydroxylation is 1. The predicted octanol–water partition coefficient (Wildman–Crippen LogP) is 2.72. The average molecular weight is 404 g/mol. The van der Waals surface area contributed by atoms with Crippen molar-refractivity contribution in [2.75, 3.05) is 20.1 Å².